The van der Waals surface area contributed by atoms with Crippen LogP contribution in [0.3, 0.4) is 0 Å². The fourth-order valence-electron chi connectivity index (χ4n) is 1.62. The minimum absolute atomic E-state index is 0.187. The molecule has 0 atom stereocenters. The smallest absolute Gasteiger partial charge is 0.262 e. The Balaban J connectivity index is 1.94. The summed E-state index contributed by atoms with van der Waals surface area (Å²) in [6, 6.07) is 13.3. The number of rotatable bonds is 4. The van der Waals surface area contributed by atoms with E-state index in [0.29, 0.717) is 27.0 Å². The van der Waals surface area contributed by atoms with Crippen LogP contribution in [-0.4, -0.2) is 12.5 Å². The van der Waals surface area contributed by atoms with E-state index in [9.17, 15) is 4.79 Å². The van der Waals surface area contributed by atoms with Crippen molar-refractivity contribution in [2.75, 3.05) is 11.9 Å². The molecule has 0 aliphatic heterocycles. The van der Waals surface area contributed by atoms with Crippen molar-refractivity contribution < 1.29 is 9.53 Å². The Kier molecular flexibility index (Phi) is 5.04. The topological polar surface area (TPSA) is 62.1 Å². The molecule has 1 amide bonds. The number of nitrogens with one attached hydrogen (secondary N) is 1. The second-order valence-corrected chi connectivity index (χ2v) is 5.01. The summed E-state index contributed by atoms with van der Waals surface area (Å²) in [6.07, 6.45) is 0. The lowest BCUT2D eigenvalue weighted by Crippen LogP contribution is -2.20. The summed E-state index contributed by atoms with van der Waals surface area (Å²) in [6.45, 7) is -0.187. The molecule has 2 aromatic carbocycles. The van der Waals surface area contributed by atoms with Gasteiger partial charge in [0.1, 0.15) is 5.75 Å². The standard InChI is InChI=1S/C15H10Cl2N2O2/c16-11-5-12(17)7-14(6-11)21-9-15(20)19-13-3-1-2-10(4-13)8-18/h1-7H,9H2,(H,19,20). The molecule has 0 unspecified atom stereocenters. The lowest BCUT2D eigenvalue weighted by molar-refractivity contribution is -0.118. The number of ether oxygens (including phenoxy) is 1. The Hall–Kier alpha value is -2.22. The van der Waals surface area contributed by atoms with Crippen molar-refractivity contribution >= 4 is 34.8 Å². The average molecular weight is 321 g/mol. The Morgan fingerprint density at radius 1 is 1.19 bits per heavy atom. The van der Waals surface area contributed by atoms with Crippen LogP contribution in [0.5, 0.6) is 5.75 Å². The number of nitriles is 1. The second kappa shape index (κ2) is 6.98. The Labute approximate surface area is 131 Å². The molecule has 0 aromatic heterocycles. The molecule has 4 nitrogen and oxygen atoms in total. The monoisotopic (exact) mass is 320 g/mol. The zero-order valence-electron chi connectivity index (χ0n) is 10.8. The van der Waals surface area contributed by atoms with Gasteiger partial charge in [0.05, 0.1) is 11.6 Å². The summed E-state index contributed by atoms with van der Waals surface area (Å²) in [4.78, 5) is 11.8. The van der Waals surface area contributed by atoms with Gasteiger partial charge in [-0.2, -0.15) is 5.26 Å². The van der Waals surface area contributed by atoms with E-state index in [1.54, 1.807) is 42.5 Å². The SMILES string of the molecule is N#Cc1cccc(NC(=O)COc2cc(Cl)cc(Cl)c2)c1. The number of anilines is 1. The molecule has 1 N–H and O–H groups in total. The summed E-state index contributed by atoms with van der Waals surface area (Å²) in [5, 5.41) is 12.3. The predicted octanol–water partition coefficient (Wildman–Crippen LogP) is 3.88. The fourth-order valence-corrected chi connectivity index (χ4v) is 2.13. The summed E-state index contributed by atoms with van der Waals surface area (Å²) < 4.78 is 5.31. The molecular formula is C15H10Cl2N2O2. The van der Waals surface area contributed by atoms with Gasteiger partial charge in [0, 0.05) is 15.7 Å². The maximum Gasteiger partial charge on any atom is 0.262 e. The fraction of sp³-hybridized carbons (Fsp3) is 0.0667. The highest BCUT2D eigenvalue weighted by Gasteiger charge is 2.05. The third-order valence-electron chi connectivity index (χ3n) is 2.48. The molecule has 0 aliphatic rings. The van der Waals surface area contributed by atoms with Crippen LogP contribution in [0.4, 0.5) is 5.69 Å². The van der Waals surface area contributed by atoms with Crippen LogP contribution < -0.4 is 10.1 Å². The first-order valence-electron chi connectivity index (χ1n) is 5.96. The Morgan fingerprint density at radius 3 is 2.57 bits per heavy atom. The first-order chi connectivity index (χ1) is 10.1. The van der Waals surface area contributed by atoms with Gasteiger partial charge in [0.2, 0.25) is 0 Å². The number of hydrogen-bond acceptors (Lipinski definition) is 3. The van der Waals surface area contributed by atoms with Crippen LogP contribution in [-0.2, 0) is 4.79 Å². The van der Waals surface area contributed by atoms with Crippen molar-refractivity contribution in [1.82, 2.24) is 0 Å². The molecule has 0 spiro atoms. The van der Waals surface area contributed by atoms with Gasteiger partial charge in [0.25, 0.3) is 5.91 Å². The number of halogens is 2. The lowest BCUT2D eigenvalue weighted by Gasteiger charge is -2.08. The van der Waals surface area contributed by atoms with E-state index < -0.39 is 0 Å². The molecule has 0 saturated carbocycles. The number of hydrogen-bond donors (Lipinski definition) is 1. The molecule has 0 saturated heterocycles. The molecule has 0 bridgehead atoms. The van der Waals surface area contributed by atoms with E-state index >= 15 is 0 Å². The summed E-state index contributed by atoms with van der Waals surface area (Å²) in [7, 11) is 0. The van der Waals surface area contributed by atoms with Crippen molar-refractivity contribution in [2.45, 2.75) is 0 Å². The lowest BCUT2D eigenvalue weighted by atomic mass is 10.2. The molecule has 0 heterocycles. The van der Waals surface area contributed by atoms with Crippen molar-refractivity contribution in [3.8, 4) is 11.8 Å². The van der Waals surface area contributed by atoms with Crippen LogP contribution in [0.25, 0.3) is 0 Å². The predicted molar refractivity (Wildman–Crippen MR) is 81.7 cm³/mol. The van der Waals surface area contributed by atoms with Crippen LogP contribution in [0.1, 0.15) is 5.56 Å². The minimum atomic E-state index is -0.346. The molecule has 0 fully saturated rings. The number of carbonyl (C=O) groups excluding carboxylic acids is 1. The van der Waals surface area contributed by atoms with Crippen molar-refractivity contribution in [3.63, 3.8) is 0 Å². The van der Waals surface area contributed by atoms with Crippen LogP contribution in [0.15, 0.2) is 42.5 Å². The van der Waals surface area contributed by atoms with E-state index in [-0.39, 0.29) is 12.5 Å². The van der Waals surface area contributed by atoms with Gasteiger partial charge in [-0.25, -0.2) is 0 Å². The first-order valence-corrected chi connectivity index (χ1v) is 6.71. The second-order valence-electron chi connectivity index (χ2n) is 4.13. The van der Waals surface area contributed by atoms with Crippen molar-refractivity contribution in [1.29, 1.82) is 5.26 Å². The first kappa shape index (κ1) is 15.2. The van der Waals surface area contributed by atoms with E-state index in [0.717, 1.165) is 0 Å². The molecule has 6 heteroatoms. The normalized spacial score (nSPS) is 9.76. The number of benzene rings is 2. The quantitative estimate of drug-likeness (QED) is 0.929. The van der Waals surface area contributed by atoms with Crippen molar-refractivity contribution in [3.05, 3.63) is 58.1 Å². The molecule has 2 rings (SSSR count). The highest BCUT2D eigenvalue weighted by atomic mass is 35.5. The summed E-state index contributed by atoms with van der Waals surface area (Å²) in [5.74, 6) is 0.0645. The zero-order chi connectivity index (χ0) is 15.2. The highest BCUT2D eigenvalue weighted by Crippen LogP contribution is 2.24. The van der Waals surface area contributed by atoms with E-state index in [1.807, 2.05) is 6.07 Å². The van der Waals surface area contributed by atoms with Crippen molar-refractivity contribution in [2.24, 2.45) is 0 Å². The number of amides is 1. The van der Waals surface area contributed by atoms with Crippen LogP contribution in [0, 0.1) is 11.3 Å². The third kappa shape index (κ3) is 4.67. The molecule has 0 radical (unpaired) electrons. The van der Waals surface area contributed by atoms with E-state index in [1.165, 1.54) is 0 Å². The minimum Gasteiger partial charge on any atom is -0.484 e. The largest absolute Gasteiger partial charge is 0.484 e. The maximum atomic E-state index is 11.8. The van der Waals surface area contributed by atoms with E-state index in [2.05, 4.69) is 5.32 Å². The van der Waals surface area contributed by atoms with Crippen LogP contribution in [0.2, 0.25) is 10.0 Å². The molecular weight excluding hydrogens is 311 g/mol. The van der Waals surface area contributed by atoms with Gasteiger partial charge in [-0.3, -0.25) is 4.79 Å². The molecule has 2 aromatic rings. The van der Waals surface area contributed by atoms with Gasteiger partial charge >= 0.3 is 0 Å². The maximum absolute atomic E-state index is 11.8. The summed E-state index contributed by atoms with van der Waals surface area (Å²) in [5.41, 5.74) is 1.00. The number of nitrogens with zero attached hydrogens (tertiary/aromatic N) is 1. The van der Waals surface area contributed by atoms with Gasteiger partial charge in [-0.1, -0.05) is 29.3 Å². The van der Waals surface area contributed by atoms with Gasteiger partial charge in [-0.15, -0.1) is 0 Å². The zero-order valence-corrected chi connectivity index (χ0v) is 12.3. The molecule has 21 heavy (non-hydrogen) atoms. The van der Waals surface area contributed by atoms with Gasteiger partial charge < -0.3 is 10.1 Å². The Morgan fingerprint density at radius 2 is 1.90 bits per heavy atom. The molecule has 106 valence electrons. The van der Waals surface area contributed by atoms with Gasteiger partial charge in [-0.05, 0) is 36.4 Å². The third-order valence-corrected chi connectivity index (χ3v) is 2.92. The van der Waals surface area contributed by atoms with E-state index in [4.69, 9.17) is 33.2 Å². The average Bonchev–Trinajstić information content (AvgIpc) is 2.44. The summed E-state index contributed by atoms with van der Waals surface area (Å²) >= 11 is 11.7. The van der Waals surface area contributed by atoms with Gasteiger partial charge in [0.15, 0.2) is 6.61 Å². The molecule has 0 aliphatic carbocycles. The highest BCUT2D eigenvalue weighted by molar-refractivity contribution is 6.34. The Bertz CT molecular complexity index is 691. The van der Waals surface area contributed by atoms with Crippen LogP contribution >= 0.6 is 23.2 Å². The number of carbonyl (C=O) groups is 1.